The van der Waals surface area contributed by atoms with Gasteiger partial charge in [-0.25, -0.2) is 4.98 Å². The smallest absolute Gasteiger partial charge is 0.347 e. The number of nitrogens with two attached hydrogens (primary N) is 1. The molecule has 112 valence electrons. The van der Waals surface area contributed by atoms with E-state index in [1.807, 2.05) is 12.1 Å². The third kappa shape index (κ3) is 2.52. The Labute approximate surface area is 123 Å². The molecule has 2 heterocycles. The zero-order valence-corrected chi connectivity index (χ0v) is 12.3. The molecule has 21 heavy (non-hydrogen) atoms. The quantitative estimate of drug-likeness (QED) is 0.831. The molecule has 0 saturated carbocycles. The summed E-state index contributed by atoms with van der Waals surface area (Å²) in [5.41, 5.74) is 6.93. The van der Waals surface area contributed by atoms with Gasteiger partial charge in [-0.15, -0.1) is 4.98 Å². The average Bonchev–Trinajstić information content (AvgIpc) is 2.54. The lowest BCUT2D eigenvalue weighted by atomic mass is 10.2. The Morgan fingerprint density at radius 2 is 1.86 bits per heavy atom. The Balaban J connectivity index is 2.09. The van der Waals surface area contributed by atoms with Gasteiger partial charge in [0.1, 0.15) is 5.52 Å². The average molecular weight is 290 g/mol. The lowest BCUT2D eigenvalue weighted by molar-refractivity contribution is -0.348. The van der Waals surface area contributed by atoms with Gasteiger partial charge in [0, 0.05) is 25.2 Å². The third-order valence-corrected chi connectivity index (χ3v) is 3.68. The van der Waals surface area contributed by atoms with E-state index < -0.39 is 0 Å². The number of rotatable bonds is 3. The number of aromatic amines is 1. The molecule has 0 aliphatic carbocycles. The van der Waals surface area contributed by atoms with Gasteiger partial charge in [0.2, 0.25) is 5.82 Å². The van der Waals surface area contributed by atoms with Crippen molar-refractivity contribution in [2.75, 3.05) is 51.0 Å². The van der Waals surface area contributed by atoms with Crippen LogP contribution in [0.15, 0.2) is 12.1 Å². The van der Waals surface area contributed by atoms with E-state index in [9.17, 15) is 0 Å². The molecule has 2 aromatic rings. The Kier molecular flexibility index (Phi) is 3.66. The van der Waals surface area contributed by atoms with Gasteiger partial charge in [-0.05, 0) is 0 Å². The molecular formula is C14H20N5O2+. The maximum absolute atomic E-state index is 6.14. The van der Waals surface area contributed by atoms with Gasteiger partial charge in [-0.3, -0.25) is 4.90 Å². The lowest BCUT2D eigenvalue weighted by Crippen LogP contribution is -2.46. The highest BCUT2D eigenvalue weighted by atomic mass is 16.5. The predicted octanol–water partition coefficient (Wildman–Crippen LogP) is 0.0579. The van der Waals surface area contributed by atoms with Crippen molar-refractivity contribution in [2.24, 2.45) is 0 Å². The van der Waals surface area contributed by atoms with Gasteiger partial charge in [-0.1, -0.05) is 0 Å². The van der Waals surface area contributed by atoms with E-state index in [0.717, 1.165) is 43.0 Å². The van der Waals surface area contributed by atoms with E-state index in [-0.39, 0.29) is 0 Å². The predicted molar refractivity (Wildman–Crippen MR) is 80.9 cm³/mol. The molecule has 0 atom stereocenters. The fourth-order valence-corrected chi connectivity index (χ4v) is 2.53. The molecule has 7 heteroatoms. The fourth-order valence-electron chi connectivity index (χ4n) is 2.53. The van der Waals surface area contributed by atoms with E-state index in [4.69, 9.17) is 15.2 Å². The molecular weight excluding hydrogens is 270 g/mol. The van der Waals surface area contributed by atoms with Crippen molar-refractivity contribution >= 4 is 22.7 Å². The first kappa shape index (κ1) is 13.7. The number of nitrogens with zero attached hydrogens (tertiary/aromatic N) is 2. The van der Waals surface area contributed by atoms with Gasteiger partial charge in [0.05, 0.1) is 32.7 Å². The minimum atomic E-state index is 0.578. The summed E-state index contributed by atoms with van der Waals surface area (Å²) in [5, 5.41) is 4.14. The van der Waals surface area contributed by atoms with Crippen LogP contribution in [0.3, 0.4) is 0 Å². The minimum Gasteiger partial charge on any atom is -0.493 e. The van der Waals surface area contributed by atoms with Crippen molar-refractivity contribution in [1.29, 1.82) is 0 Å². The van der Waals surface area contributed by atoms with Crippen LogP contribution in [-0.4, -0.2) is 45.4 Å². The van der Waals surface area contributed by atoms with E-state index >= 15 is 0 Å². The molecule has 0 radical (unpaired) electrons. The summed E-state index contributed by atoms with van der Waals surface area (Å²) in [7, 11) is 3.21. The zero-order valence-electron chi connectivity index (χ0n) is 12.3. The van der Waals surface area contributed by atoms with Crippen molar-refractivity contribution in [3.8, 4) is 11.5 Å². The summed E-state index contributed by atoms with van der Waals surface area (Å²) in [6.07, 6.45) is 0. The highest BCUT2D eigenvalue weighted by Crippen LogP contribution is 2.33. The van der Waals surface area contributed by atoms with Gasteiger partial charge in [0.25, 0.3) is 0 Å². The van der Waals surface area contributed by atoms with Crippen LogP contribution < -0.4 is 30.4 Å². The second-order valence-electron chi connectivity index (χ2n) is 4.94. The van der Waals surface area contributed by atoms with Crippen molar-refractivity contribution in [3.05, 3.63) is 12.1 Å². The Morgan fingerprint density at radius 1 is 1.19 bits per heavy atom. The lowest BCUT2D eigenvalue weighted by Gasteiger charge is -2.23. The fraction of sp³-hybridized carbons (Fsp3) is 0.429. The number of aromatic nitrogens is 2. The van der Waals surface area contributed by atoms with Gasteiger partial charge >= 0.3 is 5.95 Å². The number of anilines is 2. The molecule has 0 amide bonds. The first-order valence-corrected chi connectivity index (χ1v) is 6.93. The second kappa shape index (κ2) is 5.61. The maximum atomic E-state index is 6.14. The number of fused-ring (bicyclic) bond motifs is 1. The monoisotopic (exact) mass is 290 g/mol. The number of H-pyrrole nitrogens is 1. The highest BCUT2D eigenvalue weighted by molar-refractivity contribution is 5.90. The van der Waals surface area contributed by atoms with E-state index in [0.29, 0.717) is 17.3 Å². The summed E-state index contributed by atoms with van der Waals surface area (Å²) in [6.45, 7) is 3.70. The topological polar surface area (TPSA) is 86.8 Å². The van der Waals surface area contributed by atoms with Crippen LogP contribution in [0.4, 0.5) is 11.8 Å². The van der Waals surface area contributed by atoms with Crippen LogP contribution in [0, 0.1) is 0 Å². The number of ether oxygens (including phenoxy) is 2. The van der Waals surface area contributed by atoms with E-state index in [1.165, 1.54) is 0 Å². The summed E-state index contributed by atoms with van der Waals surface area (Å²) < 4.78 is 10.6. The highest BCUT2D eigenvalue weighted by Gasteiger charge is 2.21. The van der Waals surface area contributed by atoms with Crippen molar-refractivity contribution in [2.45, 2.75) is 0 Å². The number of piperazine rings is 1. The number of hydrogen-bond acceptors (Lipinski definition) is 6. The largest absolute Gasteiger partial charge is 0.493 e. The third-order valence-electron chi connectivity index (χ3n) is 3.68. The van der Waals surface area contributed by atoms with E-state index in [2.05, 4.69) is 20.2 Å². The molecule has 0 bridgehead atoms. The van der Waals surface area contributed by atoms with Crippen molar-refractivity contribution < 1.29 is 14.5 Å². The molecule has 1 saturated heterocycles. The van der Waals surface area contributed by atoms with Gasteiger partial charge in [-0.2, -0.15) is 0 Å². The molecule has 1 aromatic carbocycles. The van der Waals surface area contributed by atoms with Crippen molar-refractivity contribution in [3.63, 3.8) is 0 Å². The summed E-state index contributed by atoms with van der Waals surface area (Å²) in [6, 6.07) is 3.69. The zero-order chi connectivity index (χ0) is 14.8. The molecule has 0 unspecified atom stereocenters. The summed E-state index contributed by atoms with van der Waals surface area (Å²) in [5.74, 6) is 2.65. The minimum absolute atomic E-state index is 0.578. The van der Waals surface area contributed by atoms with Crippen LogP contribution in [0.1, 0.15) is 0 Å². The Hall–Kier alpha value is -2.28. The van der Waals surface area contributed by atoms with Crippen LogP contribution >= 0.6 is 0 Å². The summed E-state index contributed by atoms with van der Waals surface area (Å²) >= 11 is 0. The molecule has 4 N–H and O–H groups in total. The van der Waals surface area contributed by atoms with Gasteiger partial charge < -0.3 is 20.5 Å². The van der Waals surface area contributed by atoms with Crippen LogP contribution in [0.2, 0.25) is 0 Å². The molecule has 1 aliphatic heterocycles. The van der Waals surface area contributed by atoms with Gasteiger partial charge in [0.15, 0.2) is 11.5 Å². The normalized spacial score (nSPS) is 15.2. The molecule has 0 spiro atoms. The summed E-state index contributed by atoms with van der Waals surface area (Å²) in [4.78, 5) is 10.0. The second-order valence-corrected chi connectivity index (χ2v) is 4.94. The number of hydrogen-bond donors (Lipinski definition) is 2. The maximum Gasteiger partial charge on any atom is 0.347 e. The first-order chi connectivity index (χ1) is 10.2. The molecule has 1 fully saturated rings. The first-order valence-electron chi connectivity index (χ1n) is 6.93. The molecule has 7 nitrogen and oxygen atoms in total. The molecule has 1 aromatic heterocycles. The van der Waals surface area contributed by atoms with Crippen LogP contribution in [-0.2, 0) is 0 Å². The number of nitrogen functional groups attached to an aromatic ring is 1. The number of nitrogens with one attached hydrogen (secondary N) is 2. The van der Waals surface area contributed by atoms with Crippen LogP contribution in [0.5, 0.6) is 11.5 Å². The van der Waals surface area contributed by atoms with E-state index in [1.54, 1.807) is 14.2 Å². The molecule has 3 rings (SSSR count). The SMILES string of the molecule is COc1cc2nc(N3CCNCC3)[nH+]c(N)c2cc1OC. The van der Waals surface area contributed by atoms with Crippen molar-refractivity contribution in [1.82, 2.24) is 10.3 Å². The number of methoxy groups -OCH3 is 2. The Morgan fingerprint density at radius 3 is 2.52 bits per heavy atom. The molecule has 1 aliphatic rings. The number of benzene rings is 1. The Bertz CT molecular complexity index is 655. The standard InChI is InChI=1S/C14H19N5O2/c1-20-11-7-9-10(8-12(11)21-2)17-14(18-13(9)15)19-5-3-16-4-6-19/h7-8,16H,3-6H2,1-2H3,(H2,15,17,18)/p+1. The van der Waals surface area contributed by atoms with Crippen LogP contribution in [0.25, 0.3) is 10.9 Å².